The van der Waals surface area contributed by atoms with Crippen LogP contribution in [0.5, 0.6) is 0 Å². The van der Waals surface area contributed by atoms with Crippen LogP contribution in [0.1, 0.15) is 0 Å². The van der Waals surface area contributed by atoms with E-state index in [-0.39, 0.29) is 0 Å². The molecule has 0 N–H and O–H groups in total. The third-order valence-corrected chi connectivity index (χ3v) is 27.7. The van der Waals surface area contributed by atoms with Gasteiger partial charge in [0.05, 0.1) is 69.0 Å². The van der Waals surface area contributed by atoms with E-state index in [0.29, 0.717) is 0 Å². The lowest BCUT2D eigenvalue weighted by molar-refractivity contribution is 0.670. The lowest BCUT2D eigenvalue weighted by atomic mass is 9.99. The van der Waals surface area contributed by atoms with Crippen molar-refractivity contribution in [2.75, 3.05) is 0 Å². The zero-order chi connectivity index (χ0) is 82.7. The van der Waals surface area contributed by atoms with Crippen LogP contribution in [-0.4, -0.2) is 39.9 Å². The summed E-state index contributed by atoms with van der Waals surface area (Å²) in [4.78, 5) is 39.2. The number of rotatable bonds is 9. The number of furan rings is 1. The lowest BCUT2D eigenvalue weighted by Gasteiger charge is -2.10. The molecule has 0 aliphatic carbocycles. The molecule has 8 heterocycles. The minimum absolute atomic E-state index is 0.731. The molecule has 586 valence electrons. The molecule has 0 saturated heterocycles. The summed E-state index contributed by atoms with van der Waals surface area (Å²) < 4.78 is 11.2. The Balaban J connectivity index is 0.0000000963. The smallest absolute Gasteiger partial charge is 0.160 e. The van der Waals surface area contributed by atoms with Crippen molar-refractivity contribution in [3.8, 4) is 98.6 Å². The minimum Gasteiger partial charge on any atom is -0.455 e. The number of fused-ring (bicyclic) bond motifs is 18. The summed E-state index contributed by atoms with van der Waals surface area (Å²) in [5, 5.41) is 20.8. The summed E-state index contributed by atoms with van der Waals surface area (Å²) in [6.07, 6.45) is 1.89. The van der Waals surface area contributed by atoms with Gasteiger partial charge in [-0.15, -0.1) is 45.3 Å². The average Bonchev–Trinajstić information content (AvgIpc) is 1.72. The normalized spacial score (nSPS) is 11.5. The quantitative estimate of drug-likeness (QED) is 0.139. The highest BCUT2D eigenvalue weighted by atomic mass is 32.1. The van der Waals surface area contributed by atoms with Crippen molar-refractivity contribution in [3.63, 3.8) is 0 Å². The third kappa shape index (κ3) is 14.3. The van der Waals surface area contributed by atoms with Gasteiger partial charge in [0, 0.05) is 105 Å². The van der Waals surface area contributed by atoms with E-state index in [2.05, 4.69) is 328 Å². The fourth-order valence-electron chi connectivity index (χ4n) is 16.8. The fraction of sp³-hybridized carbons (Fsp3) is 0. The summed E-state index contributed by atoms with van der Waals surface area (Å²) in [6, 6.07) is 141. The SMILES string of the molecule is c1ccc(-c2nc3ccc4ccc(-c5ccc6ccccc6n5)cc4c3s2)cc1.c1ccc(-c2nc3ccc4ccc(-c5cccc6c5oc5ccccc56)cc4c3s2)cc1.c1ccc(-c2nc3ccc4ccc(-c5nc(-c6ccccc6)c6ccccc6n5)cc4c3s2)cc1.c1ccc(-c2nc3ccc4ccc(-c5nccc6ccccc56)cc4c3s2)cc1. The Kier molecular flexibility index (Phi) is 19.2. The van der Waals surface area contributed by atoms with Gasteiger partial charge in [-0.2, -0.15) is 0 Å². The first-order valence-electron chi connectivity index (χ1n) is 41.4. The molecule has 0 amide bonds. The molecule has 0 unspecified atom stereocenters. The molecule has 26 rings (SSSR count). The summed E-state index contributed by atoms with van der Waals surface area (Å²) in [5.74, 6) is 0.731. The van der Waals surface area contributed by atoms with Crippen molar-refractivity contribution in [2.24, 2.45) is 0 Å². The minimum atomic E-state index is 0.731. The molecular weight excluding hydrogens is 1600 g/mol. The fourth-order valence-corrected chi connectivity index (χ4v) is 21.2. The van der Waals surface area contributed by atoms with E-state index in [0.717, 1.165) is 164 Å². The van der Waals surface area contributed by atoms with Crippen LogP contribution >= 0.6 is 45.3 Å². The van der Waals surface area contributed by atoms with Gasteiger partial charge in [0.25, 0.3) is 0 Å². The molecule has 8 aromatic heterocycles. The molecule has 0 fully saturated rings. The van der Waals surface area contributed by atoms with Gasteiger partial charge in [0.1, 0.15) is 31.2 Å². The van der Waals surface area contributed by atoms with Crippen molar-refractivity contribution in [1.82, 2.24) is 39.9 Å². The van der Waals surface area contributed by atoms with E-state index in [4.69, 9.17) is 44.3 Å². The number of hydrogen-bond acceptors (Lipinski definition) is 13. The summed E-state index contributed by atoms with van der Waals surface area (Å²) in [5.41, 5.74) is 22.2. The van der Waals surface area contributed by atoms with Gasteiger partial charge in [-0.1, -0.05) is 328 Å². The highest BCUT2D eigenvalue weighted by Gasteiger charge is 2.20. The number of thiazole rings is 4. The van der Waals surface area contributed by atoms with Crippen molar-refractivity contribution < 1.29 is 4.42 Å². The molecule has 0 spiro atoms. The second-order valence-corrected chi connectivity index (χ2v) is 34.8. The Morgan fingerprint density at radius 1 is 0.200 bits per heavy atom. The number of pyridine rings is 2. The topological polar surface area (TPSA) is 116 Å². The molecule has 125 heavy (non-hydrogen) atoms. The molecule has 0 radical (unpaired) electrons. The van der Waals surface area contributed by atoms with Gasteiger partial charge in [-0.25, -0.2) is 34.9 Å². The van der Waals surface area contributed by atoms with Crippen molar-refractivity contribution in [2.45, 2.75) is 0 Å². The van der Waals surface area contributed by atoms with E-state index in [9.17, 15) is 0 Å². The van der Waals surface area contributed by atoms with Gasteiger partial charge in [-0.3, -0.25) is 4.98 Å². The van der Waals surface area contributed by atoms with Crippen LogP contribution in [0.3, 0.4) is 0 Å². The largest absolute Gasteiger partial charge is 0.455 e. The van der Waals surface area contributed by atoms with Crippen LogP contribution in [0, 0.1) is 0 Å². The van der Waals surface area contributed by atoms with Crippen LogP contribution in [0.4, 0.5) is 0 Å². The van der Waals surface area contributed by atoms with E-state index in [1.807, 2.05) is 85.1 Å². The second-order valence-electron chi connectivity index (χ2n) is 30.8. The van der Waals surface area contributed by atoms with Gasteiger partial charge in [-0.05, 0) is 111 Å². The highest BCUT2D eigenvalue weighted by molar-refractivity contribution is 7.24. The monoisotopic (exact) mass is 1670 g/mol. The van der Waals surface area contributed by atoms with Gasteiger partial charge in [0.15, 0.2) is 5.82 Å². The predicted octanol–water partition coefficient (Wildman–Crippen LogP) is 31.7. The number of para-hydroxylation sites is 4. The van der Waals surface area contributed by atoms with Crippen molar-refractivity contribution in [3.05, 3.63) is 413 Å². The summed E-state index contributed by atoms with van der Waals surface area (Å²) in [7, 11) is 0. The lowest BCUT2D eigenvalue weighted by Crippen LogP contribution is -1.95. The first kappa shape index (κ1) is 74.6. The van der Waals surface area contributed by atoms with Crippen LogP contribution in [0.25, 0.3) is 237 Å². The number of hydrogen-bond donors (Lipinski definition) is 0. The first-order valence-corrected chi connectivity index (χ1v) is 44.7. The van der Waals surface area contributed by atoms with Gasteiger partial charge < -0.3 is 4.42 Å². The zero-order valence-electron chi connectivity index (χ0n) is 66.9. The molecule has 0 saturated carbocycles. The molecular formula is C112H68N8OS4. The Labute approximate surface area is 733 Å². The summed E-state index contributed by atoms with van der Waals surface area (Å²) in [6.45, 7) is 0. The van der Waals surface area contributed by atoms with Crippen molar-refractivity contribution >= 4 is 184 Å². The molecule has 13 heteroatoms. The van der Waals surface area contributed by atoms with Crippen LogP contribution in [-0.2, 0) is 0 Å². The molecule has 0 atom stereocenters. The third-order valence-electron chi connectivity index (χ3n) is 23.0. The van der Waals surface area contributed by atoms with E-state index in [1.165, 1.54) is 72.7 Å². The van der Waals surface area contributed by atoms with Crippen LogP contribution in [0.15, 0.2) is 417 Å². The molecule has 18 aromatic carbocycles. The maximum absolute atomic E-state index is 6.29. The molecule has 0 bridgehead atoms. The molecule has 0 aliphatic rings. The first-order chi connectivity index (χ1) is 61.9. The molecule has 26 aromatic rings. The number of aromatic nitrogens is 8. The Morgan fingerprint density at radius 3 is 1.12 bits per heavy atom. The highest BCUT2D eigenvalue weighted by Crippen LogP contribution is 2.45. The number of benzene rings is 18. The molecule has 0 aliphatic heterocycles. The maximum atomic E-state index is 6.29. The maximum Gasteiger partial charge on any atom is 0.160 e. The summed E-state index contributed by atoms with van der Waals surface area (Å²) >= 11 is 7.00. The average molecular weight is 1670 g/mol. The van der Waals surface area contributed by atoms with E-state index >= 15 is 0 Å². The van der Waals surface area contributed by atoms with E-state index in [1.54, 1.807) is 45.3 Å². The Morgan fingerprint density at radius 2 is 0.584 bits per heavy atom. The zero-order valence-corrected chi connectivity index (χ0v) is 70.1. The Hall–Kier alpha value is -15.5. The Bertz CT molecular complexity index is 8620. The van der Waals surface area contributed by atoms with Gasteiger partial charge in [0.2, 0.25) is 0 Å². The van der Waals surface area contributed by atoms with Crippen LogP contribution in [0.2, 0.25) is 0 Å². The predicted molar refractivity (Wildman–Crippen MR) is 528 cm³/mol. The molecule has 9 nitrogen and oxygen atoms in total. The number of nitrogens with zero attached hydrogens (tertiary/aromatic N) is 8. The van der Waals surface area contributed by atoms with Crippen molar-refractivity contribution in [1.29, 1.82) is 0 Å². The second kappa shape index (κ2) is 32.2. The standard InChI is InChI=1S/C31H19N3S.C29H17NOS.2C26H16N2S/c1-3-9-21(10-4-1)28-24-13-7-8-14-26(24)32-30(34-28)23-16-15-20-17-18-27-29(25(20)19-23)35-31(33-27)22-11-5-2-6-12-22;1-2-7-19(8-3-1)29-30-25-16-15-18-13-14-20(17-24(18)28(25)32-29)21-10-6-11-23-22-9-4-5-12-26(22)31-27(21)23;1-2-7-19(8-3-1)26-28-24-15-12-17-10-11-20(16-21(17)25(24)29-26)23-14-13-18-6-4-5-9-22(18)27-23;1-2-7-19(8-3-1)26-28-23-13-12-18-10-11-20(16-22(18)25(23)29-26)24-21-9-5-4-6-17(21)14-15-27-24/h1-19H;1-17H;2*1-16H. The van der Waals surface area contributed by atoms with Gasteiger partial charge >= 0.3 is 0 Å². The van der Waals surface area contributed by atoms with Crippen LogP contribution < -0.4 is 0 Å². The van der Waals surface area contributed by atoms with E-state index < -0.39 is 0 Å².